The van der Waals surface area contributed by atoms with Gasteiger partial charge in [-0.15, -0.1) is 0 Å². The largest absolute Gasteiger partial charge is 0.389 e. The summed E-state index contributed by atoms with van der Waals surface area (Å²) in [6, 6.07) is 0. The molecule has 0 aromatic rings. The second-order valence-electron chi connectivity index (χ2n) is 4.22. The molecule has 0 saturated heterocycles. The van der Waals surface area contributed by atoms with Gasteiger partial charge in [0.25, 0.3) is 0 Å². The van der Waals surface area contributed by atoms with E-state index in [1.165, 1.54) is 0 Å². The summed E-state index contributed by atoms with van der Waals surface area (Å²) < 4.78 is 0. The molecule has 0 aliphatic heterocycles. The number of rotatable bonds is 5. The van der Waals surface area contributed by atoms with Crippen LogP contribution in [0, 0.1) is 5.92 Å². The number of amides is 1. The molecule has 0 heterocycles. The highest BCUT2D eigenvalue weighted by molar-refractivity contribution is 5.78. The van der Waals surface area contributed by atoms with Crippen LogP contribution in [0.3, 0.4) is 0 Å². The summed E-state index contributed by atoms with van der Waals surface area (Å²) in [5, 5.41) is 12.1. The Kier molecular flexibility index (Phi) is 4.99. The third kappa shape index (κ3) is 6.58. The highest BCUT2D eigenvalue weighted by Gasteiger charge is 2.16. The van der Waals surface area contributed by atoms with Crippen molar-refractivity contribution in [2.24, 2.45) is 5.92 Å². The van der Waals surface area contributed by atoms with Crippen LogP contribution in [0.5, 0.6) is 0 Å². The summed E-state index contributed by atoms with van der Waals surface area (Å²) in [7, 11) is 0. The Balaban J connectivity index is 3.74. The van der Waals surface area contributed by atoms with E-state index in [9.17, 15) is 9.90 Å². The lowest BCUT2D eigenvalue weighted by molar-refractivity contribution is -0.125. The van der Waals surface area contributed by atoms with Gasteiger partial charge in [0.15, 0.2) is 0 Å². The van der Waals surface area contributed by atoms with Crippen LogP contribution in [0.15, 0.2) is 0 Å². The van der Waals surface area contributed by atoms with Crippen LogP contribution in [0.2, 0.25) is 0 Å². The summed E-state index contributed by atoms with van der Waals surface area (Å²) in [6.45, 7) is 7.64. The zero-order valence-electron chi connectivity index (χ0n) is 9.05. The topological polar surface area (TPSA) is 49.3 Å². The Labute approximate surface area is 80.5 Å². The predicted molar refractivity (Wildman–Crippen MR) is 53.4 cm³/mol. The summed E-state index contributed by atoms with van der Waals surface area (Å²) in [4.78, 5) is 11.4. The van der Waals surface area contributed by atoms with E-state index in [4.69, 9.17) is 0 Å². The first-order valence-electron chi connectivity index (χ1n) is 4.87. The van der Waals surface area contributed by atoms with Gasteiger partial charge < -0.3 is 10.4 Å². The van der Waals surface area contributed by atoms with E-state index in [1.807, 2.05) is 6.92 Å². The first-order chi connectivity index (χ1) is 5.87. The first-order valence-corrected chi connectivity index (χ1v) is 4.87. The summed E-state index contributed by atoms with van der Waals surface area (Å²) in [5.74, 6) is 0.0799. The molecule has 1 amide bonds. The van der Waals surface area contributed by atoms with Crippen LogP contribution in [-0.4, -0.2) is 23.2 Å². The number of carbonyl (C=O) groups is 1. The Morgan fingerprint density at radius 1 is 1.54 bits per heavy atom. The van der Waals surface area contributed by atoms with Gasteiger partial charge in [0.05, 0.1) is 5.60 Å². The van der Waals surface area contributed by atoms with Gasteiger partial charge >= 0.3 is 0 Å². The molecule has 0 aromatic carbocycles. The number of nitrogens with one attached hydrogen (secondary N) is 1. The number of carbonyl (C=O) groups excluding carboxylic acids is 1. The van der Waals surface area contributed by atoms with Gasteiger partial charge in [-0.1, -0.05) is 20.3 Å². The van der Waals surface area contributed by atoms with Gasteiger partial charge in [0, 0.05) is 12.5 Å². The van der Waals surface area contributed by atoms with Crippen molar-refractivity contribution in [1.82, 2.24) is 5.32 Å². The van der Waals surface area contributed by atoms with E-state index in [0.717, 1.165) is 12.8 Å². The molecule has 2 N–H and O–H groups in total. The van der Waals surface area contributed by atoms with E-state index in [0.29, 0.717) is 6.54 Å². The number of hydrogen-bond donors (Lipinski definition) is 2. The lowest BCUT2D eigenvalue weighted by Gasteiger charge is -2.19. The van der Waals surface area contributed by atoms with E-state index in [-0.39, 0.29) is 11.8 Å². The minimum absolute atomic E-state index is 0.0315. The maximum atomic E-state index is 11.4. The molecule has 0 unspecified atom stereocenters. The van der Waals surface area contributed by atoms with Gasteiger partial charge in [-0.05, 0) is 20.3 Å². The third-order valence-corrected chi connectivity index (χ3v) is 1.86. The second kappa shape index (κ2) is 5.22. The maximum absolute atomic E-state index is 11.4. The molecule has 0 radical (unpaired) electrons. The fraction of sp³-hybridized carbons (Fsp3) is 0.900. The SMILES string of the molecule is CCC[C@H](C)C(=O)NCC(C)(C)O. The maximum Gasteiger partial charge on any atom is 0.222 e. The molecule has 0 rings (SSSR count). The second-order valence-corrected chi connectivity index (χ2v) is 4.22. The Bertz CT molecular complexity index is 161. The van der Waals surface area contributed by atoms with E-state index >= 15 is 0 Å². The summed E-state index contributed by atoms with van der Waals surface area (Å²) in [5.41, 5.74) is -0.818. The van der Waals surface area contributed by atoms with E-state index in [2.05, 4.69) is 12.2 Å². The van der Waals surface area contributed by atoms with Crippen LogP contribution in [0.1, 0.15) is 40.5 Å². The minimum atomic E-state index is -0.818. The average molecular weight is 187 g/mol. The monoisotopic (exact) mass is 187 g/mol. The summed E-state index contributed by atoms with van der Waals surface area (Å²) in [6.07, 6.45) is 1.91. The highest BCUT2D eigenvalue weighted by atomic mass is 16.3. The normalized spacial score (nSPS) is 13.9. The Morgan fingerprint density at radius 3 is 2.46 bits per heavy atom. The molecule has 3 heteroatoms. The Hall–Kier alpha value is -0.570. The fourth-order valence-corrected chi connectivity index (χ4v) is 1.04. The molecule has 0 aliphatic carbocycles. The van der Waals surface area contributed by atoms with Crippen molar-refractivity contribution in [2.75, 3.05) is 6.54 Å². The molecule has 0 aliphatic rings. The smallest absolute Gasteiger partial charge is 0.222 e. The standard InChI is InChI=1S/C10H21NO2/c1-5-6-8(2)9(12)11-7-10(3,4)13/h8,13H,5-7H2,1-4H3,(H,11,12)/t8-/m0/s1. The van der Waals surface area contributed by atoms with Crippen molar-refractivity contribution in [3.63, 3.8) is 0 Å². The summed E-state index contributed by atoms with van der Waals surface area (Å²) >= 11 is 0. The van der Waals surface area contributed by atoms with Gasteiger partial charge in [-0.2, -0.15) is 0 Å². The zero-order valence-corrected chi connectivity index (χ0v) is 9.05. The van der Waals surface area contributed by atoms with Crippen molar-refractivity contribution in [2.45, 2.75) is 46.1 Å². The van der Waals surface area contributed by atoms with Crippen molar-refractivity contribution >= 4 is 5.91 Å². The van der Waals surface area contributed by atoms with Crippen LogP contribution < -0.4 is 5.32 Å². The van der Waals surface area contributed by atoms with Crippen LogP contribution in [-0.2, 0) is 4.79 Å². The zero-order chi connectivity index (χ0) is 10.5. The van der Waals surface area contributed by atoms with Gasteiger partial charge in [0.2, 0.25) is 5.91 Å². The number of aliphatic hydroxyl groups is 1. The van der Waals surface area contributed by atoms with Crippen LogP contribution in [0.4, 0.5) is 0 Å². The highest BCUT2D eigenvalue weighted by Crippen LogP contribution is 2.05. The lowest BCUT2D eigenvalue weighted by Crippen LogP contribution is -2.40. The third-order valence-electron chi connectivity index (χ3n) is 1.86. The average Bonchev–Trinajstić information content (AvgIpc) is 1.99. The fourth-order valence-electron chi connectivity index (χ4n) is 1.04. The molecule has 0 bridgehead atoms. The predicted octanol–water partition coefficient (Wildman–Crippen LogP) is 1.31. The van der Waals surface area contributed by atoms with E-state index < -0.39 is 5.60 Å². The molecular weight excluding hydrogens is 166 g/mol. The van der Waals surface area contributed by atoms with Gasteiger partial charge in [0.1, 0.15) is 0 Å². The van der Waals surface area contributed by atoms with Crippen molar-refractivity contribution in [3.05, 3.63) is 0 Å². The molecule has 0 aromatic heterocycles. The quantitative estimate of drug-likeness (QED) is 0.681. The van der Waals surface area contributed by atoms with Crippen molar-refractivity contribution < 1.29 is 9.90 Å². The molecule has 3 nitrogen and oxygen atoms in total. The molecular formula is C10H21NO2. The van der Waals surface area contributed by atoms with Crippen LogP contribution in [0.25, 0.3) is 0 Å². The van der Waals surface area contributed by atoms with Gasteiger partial charge in [-0.25, -0.2) is 0 Å². The molecule has 0 fully saturated rings. The van der Waals surface area contributed by atoms with Gasteiger partial charge in [-0.3, -0.25) is 4.79 Å². The van der Waals surface area contributed by atoms with Crippen LogP contribution >= 0.6 is 0 Å². The lowest BCUT2D eigenvalue weighted by atomic mass is 10.0. The molecule has 13 heavy (non-hydrogen) atoms. The Morgan fingerprint density at radius 2 is 2.08 bits per heavy atom. The number of hydrogen-bond acceptors (Lipinski definition) is 2. The molecule has 0 saturated carbocycles. The van der Waals surface area contributed by atoms with E-state index in [1.54, 1.807) is 13.8 Å². The minimum Gasteiger partial charge on any atom is -0.389 e. The van der Waals surface area contributed by atoms with Crippen molar-refractivity contribution in [3.8, 4) is 0 Å². The molecule has 1 atom stereocenters. The molecule has 78 valence electrons. The van der Waals surface area contributed by atoms with Crippen molar-refractivity contribution in [1.29, 1.82) is 0 Å². The first kappa shape index (κ1) is 12.4. The molecule has 0 spiro atoms.